The second-order valence-corrected chi connectivity index (χ2v) is 6.24. The summed E-state index contributed by atoms with van der Waals surface area (Å²) in [6.07, 6.45) is 0. The standard InChI is InChI=1S/C16H13BrClN3O2/c1-9-19-14(18)12-7-13(17)16(22)21(15(12)20-9)8-10-3-5-11(23-2)6-4-10/h3-7H,8H2,1-2H3. The van der Waals surface area contributed by atoms with Crippen LogP contribution in [-0.2, 0) is 6.54 Å². The second kappa shape index (κ2) is 6.29. The van der Waals surface area contributed by atoms with E-state index < -0.39 is 0 Å². The van der Waals surface area contributed by atoms with Crippen molar-refractivity contribution < 1.29 is 4.74 Å². The third-order valence-electron chi connectivity index (χ3n) is 3.47. The maximum atomic E-state index is 12.5. The van der Waals surface area contributed by atoms with Gasteiger partial charge in [-0.1, -0.05) is 23.7 Å². The molecule has 0 saturated carbocycles. The molecule has 0 radical (unpaired) electrons. The Morgan fingerprint density at radius 2 is 1.96 bits per heavy atom. The molecule has 2 heterocycles. The van der Waals surface area contributed by atoms with Crippen molar-refractivity contribution in [2.24, 2.45) is 0 Å². The van der Waals surface area contributed by atoms with Gasteiger partial charge < -0.3 is 4.74 Å². The lowest BCUT2D eigenvalue weighted by atomic mass is 10.2. The van der Waals surface area contributed by atoms with Crippen LogP contribution in [0.15, 0.2) is 39.6 Å². The van der Waals surface area contributed by atoms with Crippen molar-refractivity contribution in [1.82, 2.24) is 14.5 Å². The molecule has 0 spiro atoms. The molecule has 0 aliphatic carbocycles. The van der Waals surface area contributed by atoms with E-state index in [4.69, 9.17) is 16.3 Å². The lowest BCUT2D eigenvalue weighted by Crippen LogP contribution is -2.23. The summed E-state index contributed by atoms with van der Waals surface area (Å²) in [5, 5.41) is 0.967. The van der Waals surface area contributed by atoms with Gasteiger partial charge in [-0.2, -0.15) is 0 Å². The Morgan fingerprint density at radius 1 is 1.26 bits per heavy atom. The highest BCUT2D eigenvalue weighted by atomic mass is 79.9. The first-order valence-electron chi connectivity index (χ1n) is 6.85. The van der Waals surface area contributed by atoms with Crippen LogP contribution < -0.4 is 10.3 Å². The molecule has 118 valence electrons. The number of halogens is 2. The summed E-state index contributed by atoms with van der Waals surface area (Å²) in [5.41, 5.74) is 1.31. The molecule has 23 heavy (non-hydrogen) atoms. The number of aromatic nitrogens is 3. The van der Waals surface area contributed by atoms with Crippen molar-refractivity contribution >= 4 is 38.6 Å². The maximum absolute atomic E-state index is 12.5. The number of methoxy groups -OCH3 is 1. The Labute approximate surface area is 146 Å². The molecule has 0 fully saturated rings. The van der Waals surface area contributed by atoms with Gasteiger partial charge in [0.25, 0.3) is 5.56 Å². The van der Waals surface area contributed by atoms with E-state index in [0.717, 1.165) is 11.3 Å². The zero-order valence-corrected chi connectivity index (χ0v) is 14.8. The summed E-state index contributed by atoms with van der Waals surface area (Å²) < 4.78 is 7.16. The number of pyridine rings is 1. The highest BCUT2D eigenvalue weighted by Gasteiger charge is 2.13. The van der Waals surface area contributed by atoms with E-state index in [1.165, 1.54) is 0 Å². The summed E-state index contributed by atoms with van der Waals surface area (Å²) in [5.74, 6) is 1.29. The molecular formula is C16H13BrClN3O2. The number of fused-ring (bicyclic) bond motifs is 1. The first kappa shape index (κ1) is 16.0. The quantitative estimate of drug-likeness (QED) is 0.637. The Hall–Kier alpha value is -1.92. The van der Waals surface area contributed by atoms with Gasteiger partial charge in [0.15, 0.2) is 0 Å². The normalized spacial score (nSPS) is 11.0. The molecule has 3 aromatic rings. The van der Waals surface area contributed by atoms with Gasteiger partial charge in [-0.15, -0.1) is 0 Å². The number of benzene rings is 1. The summed E-state index contributed by atoms with van der Waals surface area (Å²) in [6.45, 7) is 2.13. The lowest BCUT2D eigenvalue weighted by molar-refractivity contribution is 0.414. The number of rotatable bonds is 3. The van der Waals surface area contributed by atoms with Crippen LogP contribution in [0.1, 0.15) is 11.4 Å². The predicted octanol–water partition coefficient (Wildman–Crippen LogP) is 3.57. The smallest absolute Gasteiger partial charge is 0.266 e. The molecule has 0 aliphatic heterocycles. The molecule has 0 bridgehead atoms. The van der Waals surface area contributed by atoms with E-state index >= 15 is 0 Å². The monoisotopic (exact) mass is 393 g/mol. The largest absolute Gasteiger partial charge is 0.497 e. The fourth-order valence-corrected chi connectivity index (χ4v) is 3.04. The zero-order valence-electron chi connectivity index (χ0n) is 12.5. The number of hydrogen-bond acceptors (Lipinski definition) is 4. The van der Waals surface area contributed by atoms with Gasteiger partial charge in [0.05, 0.1) is 23.5 Å². The van der Waals surface area contributed by atoms with Crippen LogP contribution in [0.3, 0.4) is 0 Å². The SMILES string of the molecule is COc1ccc(Cn2c(=O)c(Br)cc3c(Cl)nc(C)nc32)cc1. The van der Waals surface area contributed by atoms with Crippen molar-refractivity contribution in [2.75, 3.05) is 7.11 Å². The highest BCUT2D eigenvalue weighted by molar-refractivity contribution is 9.10. The van der Waals surface area contributed by atoms with Gasteiger partial charge in [0.1, 0.15) is 22.4 Å². The Kier molecular flexibility index (Phi) is 4.37. The van der Waals surface area contributed by atoms with E-state index in [1.807, 2.05) is 24.3 Å². The van der Waals surface area contributed by atoms with Crippen LogP contribution in [0, 0.1) is 6.92 Å². The molecule has 0 unspecified atom stereocenters. The molecule has 0 aliphatic rings. The minimum atomic E-state index is -0.164. The fraction of sp³-hybridized carbons (Fsp3) is 0.188. The molecule has 7 heteroatoms. The molecule has 1 aromatic carbocycles. The van der Waals surface area contributed by atoms with E-state index in [0.29, 0.717) is 33.0 Å². The molecule has 3 rings (SSSR count). The Bertz CT molecular complexity index is 939. The average molecular weight is 395 g/mol. The molecule has 2 aromatic heterocycles. The minimum Gasteiger partial charge on any atom is -0.497 e. The van der Waals surface area contributed by atoms with Crippen molar-refractivity contribution in [1.29, 1.82) is 0 Å². The van der Waals surface area contributed by atoms with Crippen LogP contribution in [0.25, 0.3) is 11.0 Å². The molecule has 0 saturated heterocycles. The number of ether oxygens (including phenoxy) is 1. The van der Waals surface area contributed by atoms with Crippen molar-refractivity contribution in [3.63, 3.8) is 0 Å². The van der Waals surface area contributed by atoms with Crippen molar-refractivity contribution in [3.8, 4) is 5.75 Å². The summed E-state index contributed by atoms with van der Waals surface area (Å²) in [7, 11) is 1.61. The third kappa shape index (κ3) is 3.09. The topological polar surface area (TPSA) is 57.0 Å². The maximum Gasteiger partial charge on any atom is 0.266 e. The second-order valence-electron chi connectivity index (χ2n) is 5.03. The van der Waals surface area contributed by atoms with E-state index in [9.17, 15) is 4.79 Å². The van der Waals surface area contributed by atoms with Gasteiger partial charge in [-0.05, 0) is 46.6 Å². The molecule has 5 nitrogen and oxygen atoms in total. The molecule has 0 atom stereocenters. The van der Waals surface area contributed by atoms with Crippen LogP contribution >= 0.6 is 27.5 Å². The van der Waals surface area contributed by atoms with Gasteiger partial charge in [0.2, 0.25) is 0 Å². The van der Waals surface area contributed by atoms with Gasteiger partial charge in [0, 0.05) is 0 Å². The fourth-order valence-electron chi connectivity index (χ4n) is 2.34. The zero-order chi connectivity index (χ0) is 16.6. The predicted molar refractivity (Wildman–Crippen MR) is 93.3 cm³/mol. The van der Waals surface area contributed by atoms with Crippen LogP contribution in [0.5, 0.6) is 5.75 Å². The van der Waals surface area contributed by atoms with Gasteiger partial charge >= 0.3 is 0 Å². The molecular weight excluding hydrogens is 382 g/mol. The first-order valence-corrected chi connectivity index (χ1v) is 8.03. The molecule has 0 N–H and O–H groups in total. The van der Waals surface area contributed by atoms with Crippen molar-refractivity contribution in [2.45, 2.75) is 13.5 Å². The summed E-state index contributed by atoms with van der Waals surface area (Å²) in [6, 6.07) is 9.19. The Balaban J connectivity index is 2.18. The van der Waals surface area contributed by atoms with Gasteiger partial charge in [-0.25, -0.2) is 9.97 Å². The van der Waals surface area contributed by atoms with Crippen molar-refractivity contribution in [3.05, 3.63) is 61.7 Å². The number of nitrogens with zero attached hydrogens (tertiary/aromatic N) is 3. The average Bonchev–Trinajstić information content (AvgIpc) is 2.53. The summed E-state index contributed by atoms with van der Waals surface area (Å²) in [4.78, 5) is 21.1. The van der Waals surface area contributed by atoms with Crippen LogP contribution in [-0.4, -0.2) is 21.6 Å². The summed E-state index contributed by atoms with van der Waals surface area (Å²) >= 11 is 9.49. The van der Waals surface area contributed by atoms with Gasteiger partial charge in [-0.3, -0.25) is 9.36 Å². The lowest BCUT2D eigenvalue weighted by Gasteiger charge is -2.12. The molecule has 0 amide bonds. The van der Waals surface area contributed by atoms with E-state index in [1.54, 1.807) is 24.7 Å². The third-order valence-corrected chi connectivity index (χ3v) is 4.32. The Morgan fingerprint density at radius 3 is 2.61 bits per heavy atom. The van der Waals surface area contributed by atoms with Crippen LogP contribution in [0.2, 0.25) is 5.15 Å². The minimum absolute atomic E-state index is 0.164. The van der Waals surface area contributed by atoms with E-state index in [2.05, 4.69) is 25.9 Å². The van der Waals surface area contributed by atoms with E-state index in [-0.39, 0.29) is 5.56 Å². The first-order chi connectivity index (χ1) is 11.0. The highest BCUT2D eigenvalue weighted by Crippen LogP contribution is 2.23. The number of aryl methyl sites for hydroxylation is 1. The van der Waals surface area contributed by atoms with Crippen LogP contribution in [0.4, 0.5) is 0 Å². The number of hydrogen-bond donors (Lipinski definition) is 0.